The van der Waals surface area contributed by atoms with Crippen LogP contribution in [0.4, 0.5) is 0 Å². The van der Waals surface area contributed by atoms with Crippen LogP contribution in [0.5, 0.6) is 0 Å². The fourth-order valence-corrected chi connectivity index (χ4v) is 1.38. The van der Waals surface area contributed by atoms with E-state index in [4.69, 9.17) is 0 Å². The lowest BCUT2D eigenvalue weighted by atomic mass is 10.1. The summed E-state index contributed by atoms with van der Waals surface area (Å²) >= 11 is 0. The number of halogens is 1. The van der Waals surface area contributed by atoms with E-state index >= 15 is 0 Å². The molecule has 1 aromatic rings. The maximum atomic E-state index is 4.07. The maximum Gasteiger partial charge on any atom is 0.0234 e. The van der Waals surface area contributed by atoms with E-state index in [1.54, 1.807) is 0 Å². The number of rotatable bonds is 5. The van der Waals surface area contributed by atoms with Crippen molar-refractivity contribution in [1.82, 2.24) is 4.90 Å². The molecular weight excluding hydrogens is 206 g/mol. The van der Waals surface area contributed by atoms with Crippen molar-refractivity contribution in [1.29, 1.82) is 0 Å². The molecule has 82 valence electrons. The number of likely N-dealkylation sites (N-methyl/N-ethyl adjacent to an activating group) is 1. The molecule has 0 saturated heterocycles. The molecule has 2 heteroatoms. The Labute approximate surface area is 98.5 Å². The van der Waals surface area contributed by atoms with Crippen molar-refractivity contribution in [2.45, 2.75) is 0 Å². The summed E-state index contributed by atoms with van der Waals surface area (Å²) in [6.07, 6.45) is 1.90. The Kier molecular flexibility index (Phi) is 6.76. The molecule has 15 heavy (non-hydrogen) atoms. The Morgan fingerprint density at radius 1 is 1.33 bits per heavy atom. The first-order valence-electron chi connectivity index (χ1n) is 4.76. The maximum absolute atomic E-state index is 4.07. The number of hydrogen-bond acceptors (Lipinski definition) is 1. The molecule has 0 aliphatic rings. The molecule has 1 rings (SSSR count). The van der Waals surface area contributed by atoms with Crippen LogP contribution < -0.4 is 0 Å². The molecule has 0 aliphatic heterocycles. The zero-order valence-electron chi connectivity index (χ0n) is 9.15. The van der Waals surface area contributed by atoms with Crippen LogP contribution >= 0.6 is 12.4 Å². The Hall–Kier alpha value is -1.05. The van der Waals surface area contributed by atoms with Crippen LogP contribution in [0.1, 0.15) is 5.56 Å². The lowest BCUT2D eigenvalue weighted by Gasteiger charge is -2.15. The topological polar surface area (TPSA) is 3.24 Å². The highest BCUT2D eigenvalue weighted by Crippen LogP contribution is 2.12. The molecule has 0 aromatic heterocycles. The first kappa shape index (κ1) is 13.9. The number of hydrogen-bond donors (Lipinski definition) is 0. The van der Waals surface area contributed by atoms with E-state index in [0.717, 1.165) is 18.7 Å². The summed E-state index contributed by atoms with van der Waals surface area (Å²) in [7, 11) is 2.07. The fraction of sp³-hybridized carbons (Fsp3) is 0.231. The van der Waals surface area contributed by atoms with E-state index in [1.165, 1.54) is 5.56 Å². The van der Waals surface area contributed by atoms with E-state index in [2.05, 4.69) is 37.2 Å². The Morgan fingerprint density at radius 3 is 2.47 bits per heavy atom. The molecule has 0 amide bonds. The normalized spacial score (nSPS) is 9.47. The number of benzene rings is 1. The molecule has 0 atom stereocenters. The third kappa shape index (κ3) is 4.82. The zero-order chi connectivity index (χ0) is 10.4. The van der Waals surface area contributed by atoms with Gasteiger partial charge in [0.15, 0.2) is 0 Å². The van der Waals surface area contributed by atoms with Crippen LogP contribution in [0.2, 0.25) is 0 Å². The summed E-state index contributed by atoms with van der Waals surface area (Å²) in [6, 6.07) is 10.3. The van der Waals surface area contributed by atoms with Crippen molar-refractivity contribution in [3.05, 3.63) is 55.1 Å². The summed E-state index contributed by atoms with van der Waals surface area (Å²) in [5.41, 5.74) is 2.36. The first-order valence-corrected chi connectivity index (χ1v) is 4.76. The quantitative estimate of drug-likeness (QED) is 0.693. The minimum absolute atomic E-state index is 0. The summed E-state index contributed by atoms with van der Waals surface area (Å²) in [4.78, 5) is 2.18. The molecule has 0 unspecified atom stereocenters. The van der Waals surface area contributed by atoms with Gasteiger partial charge in [0.05, 0.1) is 0 Å². The van der Waals surface area contributed by atoms with Gasteiger partial charge in [-0.2, -0.15) is 0 Å². The van der Waals surface area contributed by atoms with Gasteiger partial charge in [-0.25, -0.2) is 0 Å². The van der Waals surface area contributed by atoms with Gasteiger partial charge in [-0.3, -0.25) is 4.90 Å². The van der Waals surface area contributed by atoms with Gasteiger partial charge >= 0.3 is 0 Å². The summed E-state index contributed by atoms with van der Waals surface area (Å²) < 4.78 is 0. The second-order valence-electron chi connectivity index (χ2n) is 3.46. The zero-order valence-corrected chi connectivity index (χ0v) is 9.96. The summed E-state index contributed by atoms with van der Waals surface area (Å²) in [5, 5.41) is 0. The standard InChI is InChI=1S/C13H17N.ClH/c1-4-10-14(3)11-12(2)13-8-6-5-7-9-13;/h4-9H,1-2,10-11H2,3H3;1H. The van der Waals surface area contributed by atoms with Gasteiger partial charge in [0.1, 0.15) is 0 Å². The molecule has 0 aliphatic carbocycles. The average Bonchev–Trinajstić information content (AvgIpc) is 2.19. The van der Waals surface area contributed by atoms with Crippen molar-refractivity contribution >= 4 is 18.0 Å². The molecule has 0 heterocycles. The third-order valence-corrected chi connectivity index (χ3v) is 2.08. The predicted molar refractivity (Wildman–Crippen MR) is 70.4 cm³/mol. The lowest BCUT2D eigenvalue weighted by molar-refractivity contribution is 0.419. The van der Waals surface area contributed by atoms with Crippen molar-refractivity contribution in [2.24, 2.45) is 0 Å². The van der Waals surface area contributed by atoms with Gasteiger partial charge in [0.25, 0.3) is 0 Å². The van der Waals surface area contributed by atoms with Crippen LogP contribution in [0.15, 0.2) is 49.6 Å². The smallest absolute Gasteiger partial charge is 0.0234 e. The van der Waals surface area contributed by atoms with Gasteiger partial charge in [-0.1, -0.05) is 43.0 Å². The molecule has 0 N–H and O–H groups in total. The highest BCUT2D eigenvalue weighted by Gasteiger charge is 2.00. The highest BCUT2D eigenvalue weighted by molar-refractivity contribution is 5.85. The Balaban J connectivity index is 0.00000196. The molecule has 1 nitrogen and oxygen atoms in total. The van der Waals surface area contributed by atoms with E-state index < -0.39 is 0 Å². The second-order valence-corrected chi connectivity index (χ2v) is 3.46. The predicted octanol–water partition coefficient (Wildman–Crippen LogP) is 3.24. The van der Waals surface area contributed by atoms with Crippen molar-refractivity contribution < 1.29 is 0 Å². The molecular formula is C13H18ClN. The third-order valence-electron chi connectivity index (χ3n) is 2.08. The molecule has 0 fully saturated rings. The minimum atomic E-state index is 0. The van der Waals surface area contributed by atoms with Gasteiger partial charge in [0, 0.05) is 13.1 Å². The minimum Gasteiger partial charge on any atom is -0.298 e. The van der Waals surface area contributed by atoms with Crippen LogP contribution in [-0.4, -0.2) is 25.0 Å². The molecule has 1 aromatic carbocycles. The average molecular weight is 224 g/mol. The van der Waals surface area contributed by atoms with Crippen molar-refractivity contribution in [3.8, 4) is 0 Å². The van der Waals surface area contributed by atoms with Crippen LogP contribution in [-0.2, 0) is 0 Å². The molecule has 0 radical (unpaired) electrons. The van der Waals surface area contributed by atoms with Crippen molar-refractivity contribution in [3.63, 3.8) is 0 Å². The van der Waals surface area contributed by atoms with Crippen LogP contribution in [0.25, 0.3) is 5.57 Å². The largest absolute Gasteiger partial charge is 0.298 e. The van der Waals surface area contributed by atoms with Crippen LogP contribution in [0, 0.1) is 0 Å². The molecule has 0 spiro atoms. The molecule has 0 bridgehead atoms. The fourth-order valence-electron chi connectivity index (χ4n) is 1.38. The first-order chi connectivity index (χ1) is 6.74. The van der Waals surface area contributed by atoms with Gasteiger partial charge in [-0.15, -0.1) is 19.0 Å². The van der Waals surface area contributed by atoms with Gasteiger partial charge in [0.2, 0.25) is 0 Å². The van der Waals surface area contributed by atoms with Gasteiger partial charge < -0.3 is 0 Å². The molecule has 0 saturated carbocycles. The SMILES string of the molecule is C=CCN(C)CC(=C)c1ccccc1.Cl. The van der Waals surface area contributed by atoms with E-state index in [1.807, 2.05) is 24.3 Å². The van der Waals surface area contributed by atoms with E-state index in [0.29, 0.717) is 0 Å². The Bertz CT molecular complexity index is 306. The van der Waals surface area contributed by atoms with Gasteiger partial charge in [-0.05, 0) is 18.2 Å². The lowest BCUT2D eigenvalue weighted by Crippen LogP contribution is -2.20. The highest BCUT2D eigenvalue weighted by atomic mass is 35.5. The second kappa shape index (κ2) is 7.27. The summed E-state index contributed by atoms with van der Waals surface area (Å²) in [6.45, 7) is 9.56. The Morgan fingerprint density at radius 2 is 1.93 bits per heavy atom. The number of nitrogens with zero attached hydrogens (tertiary/aromatic N) is 1. The van der Waals surface area contributed by atoms with Crippen LogP contribution in [0.3, 0.4) is 0 Å². The summed E-state index contributed by atoms with van der Waals surface area (Å²) in [5.74, 6) is 0. The van der Waals surface area contributed by atoms with E-state index in [-0.39, 0.29) is 12.4 Å². The van der Waals surface area contributed by atoms with E-state index in [9.17, 15) is 0 Å². The monoisotopic (exact) mass is 223 g/mol. The van der Waals surface area contributed by atoms with Crippen molar-refractivity contribution in [2.75, 3.05) is 20.1 Å².